The molecule has 0 bridgehead atoms. The fraction of sp³-hybridized carbons (Fsp3) is 0.667. The van der Waals surface area contributed by atoms with Gasteiger partial charge < -0.3 is 18.4 Å². The highest BCUT2D eigenvalue weighted by Crippen LogP contribution is 2.57. The minimum absolute atomic E-state index is 0.308. The summed E-state index contributed by atoms with van der Waals surface area (Å²) < 4.78 is 37.1. The van der Waals surface area contributed by atoms with Crippen molar-refractivity contribution >= 4 is 14.7 Å². The molecule has 1 atom stereocenters. The largest absolute Gasteiger partial charge is 0.474 e. The van der Waals surface area contributed by atoms with E-state index in [1.54, 1.807) is 0 Å². The first-order valence-electron chi connectivity index (χ1n) is 8.93. The van der Waals surface area contributed by atoms with E-state index in [4.69, 9.17) is 18.4 Å². The first kappa shape index (κ1) is 20.7. The van der Waals surface area contributed by atoms with Gasteiger partial charge in [-0.05, 0) is 53.5 Å². The SMILES string of the molecule is CCOP(=O)(OCC)C(Cc1ccccc1)B1OC(C)(C)C(C)(C)O1. The Morgan fingerprint density at radius 3 is 1.92 bits per heavy atom. The van der Waals surface area contributed by atoms with Crippen LogP contribution in [-0.4, -0.2) is 37.1 Å². The summed E-state index contributed by atoms with van der Waals surface area (Å²) in [5.41, 5.74) is -0.496. The molecule has 0 N–H and O–H groups in total. The molecular weight excluding hydrogens is 338 g/mol. The van der Waals surface area contributed by atoms with Crippen LogP contribution >= 0.6 is 7.60 Å². The maximum Gasteiger partial charge on any atom is 0.474 e. The van der Waals surface area contributed by atoms with Crippen molar-refractivity contribution in [1.29, 1.82) is 0 Å². The molecule has 1 aliphatic rings. The van der Waals surface area contributed by atoms with E-state index in [2.05, 4.69) is 0 Å². The van der Waals surface area contributed by atoms with Crippen molar-refractivity contribution in [3.8, 4) is 0 Å². The lowest BCUT2D eigenvalue weighted by Crippen LogP contribution is -2.41. The monoisotopic (exact) mass is 368 g/mol. The van der Waals surface area contributed by atoms with Gasteiger partial charge in [-0.1, -0.05) is 30.3 Å². The Balaban J connectivity index is 2.37. The van der Waals surface area contributed by atoms with Gasteiger partial charge >= 0.3 is 14.7 Å². The van der Waals surface area contributed by atoms with Crippen LogP contribution in [-0.2, 0) is 29.3 Å². The molecule has 2 rings (SSSR count). The van der Waals surface area contributed by atoms with E-state index in [1.807, 2.05) is 71.9 Å². The van der Waals surface area contributed by atoms with Crippen LogP contribution in [0.4, 0.5) is 0 Å². The maximum absolute atomic E-state index is 13.5. The van der Waals surface area contributed by atoms with Gasteiger partial charge in [0.15, 0.2) is 0 Å². The summed E-state index contributed by atoms with van der Waals surface area (Å²) in [5.74, 6) is 0. The highest BCUT2D eigenvalue weighted by atomic mass is 31.2. The molecule has 1 aromatic rings. The highest BCUT2D eigenvalue weighted by molar-refractivity contribution is 7.57. The van der Waals surface area contributed by atoms with Gasteiger partial charge in [0.2, 0.25) is 0 Å². The summed E-state index contributed by atoms with van der Waals surface area (Å²) in [4.78, 5) is 0. The molecule has 1 heterocycles. The average molecular weight is 368 g/mol. The van der Waals surface area contributed by atoms with Gasteiger partial charge in [-0.15, -0.1) is 0 Å². The second-order valence-electron chi connectivity index (χ2n) is 7.26. The molecular formula is C18H30BO5P. The maximum atomic E-state index is 13.5. The Hall–Kier alpha value is -0.645. The lowest BCUT2D eigenvalue weighted by Gasteiger charge is -2.32. The molecule has 1 aliphatic heterocycles. The van der Waals surface area contributed by atoms with Crippen molar-refractivity contribution < 1.29 is 22.9 Å². The smallest absolute Gasteiger partial charge is 0.403 e. The zero-order chi connectivity index (χ0) is 18.7. The molecule has 0 amide bonds. The summed E-state index contributed by atoms with van der Waals surface area (Å²) in [5, 5.41) is 0. The van der Waals surface area contributed by atoms with Crippen LogP contribution in [0.2, 0.25) is 0 Å². The highest BCUT2D eigenvalue weighted by Gasteiger charge is 2.58. The molecule has 0 saturated carbocycles. The predicted octanol–water partition coefficient (Wildman–Crippen LogP) is 4.50. The van der Waals surface area contributed by atoms with Gasteiger partial charge in [-0.2, -0.15) is 0 Å². The summed E-state index contributed by atoms with van der Waals surface area (Å²) in [6, 6.07) is 9.88. The molecule has 1 aromatic carbocycles. The summed E-state index contributed by atoms with van der Waals surface area (Å²) in [6.45, 7) is 12.2. The fourth-order valence-corrected chi connectivity index (χ4v) is 4.88. The van der Waals surface area contributed by atoms with Crippen LogP contribution in [0.15, 0.2) is 30.3 Å². The molecule has 5 nitrogen and oxygen atoms in total. The quantitative estimate of drug-likeness (QED) is 0.500. The topological polar surface area (TPSA) is 54.0 Å². The Bertz CT molecular complexity index is 579. The molecule has 0 spiro atoms. The molecule has 0 radical (unpaired) electrons. The molecule has 0 aromatic heterocycles. The Labute approximate surface area is 152 Å². The molecule has 1 fully saturated rings. The zero-order valence-electron chi connectivity index (χ0n) is 16.2. The molecule has 7 heteroatoms. The predicted molar refractivity (Wildman–Crippen MR) is 101 cm³/mol. The van der Waals surface area contributed by atoms with E-state index >= 15 is 0 Å². The van der Waals surface area contributed by atoms with Crippen LogP contribution in [0.25, 0.3) is 0 Å². The second kappa shape index (κ2) is 7.93. The van der Waals surface area contributed by atoms with Crippen molar-refractivity contribution in [1.82, 2.24) is 0 Å². The molecule has 0 aliphatic carbocycles. The third-order valence-electron chi connectivity index (χ3n) is 4.90. The molecule has 25 heavy (non-hydrogen) atoms. The standard InChI is InChI=1S/C18H30BO5P/c1-7-21-25(20,22-8-2)16(14-15-12-10-9-11-13-15)19-23-17(3,4)18(5,6)24-19/h9-13,16H,7-8,14H2,1-6H3. The normalized spacial score (nSPS) is 20.6. The third kappa shape index (κ3) is 4.56. The summed E-state index contributed by atoms with van der Waals surface area (Å²) in [7, 11) is -4.07. The Kier molecular flexibility index (Phi) is 6.56. The summed E-state index contributed by atoms with van der Waals surface area (Å²) >= 11 is 0. The fourth-order valence-electron chi connectivity index (χ4n) is 2.85. The van der Waals surface area contributed by atoms with Gasteiger partial charge in [-0.25, -0.2) is 0 Å². The first-order valence-corrected chi connectivity index (χ1v) is 10.5. The van der Waals surface area contributed by atoms with Gasteiger partial charge in [0.25, 0.3) is 0 Å². The minimum atomic E-state index is -3.41. The second-order valence-corrected chi connectivity index (χ2v) is 9.52. The van der Waals surface area contributed by atoms with Gasteiger partial charge in [0.05, 0.1) is 24.4 Å². The van der Waals surface area contributed by atoms with E-state index in [0.29, 0.717) is 19.6 Å². The van der Waals surface area contributed by atoms with E-state index < -0.39 is 31.5 Å². The van der Waals surface area contributed by atoms with Crippen LogP contribution in [0, 0.1) is 0 Å². The van der Waals surface area contributed by atoms with Gasteiger partial charge in [0.1, 0.15) is 5.56 Å². The van der Waals surface area contributed by atoms with E-state index in [0.717, 1.165) is 5.56 Å². The minimum Gasteiger partial charge on any atom is -0.403 e. The lowest BCUT2D eigenvalue weighted by atomic mass is 9.80. The molecule has 1 unspecified atom stereocenters. The van der Waals surface area contributed by atoms with Crippen LogP contribution in [0.1, 0.15) is 47.1 Å². The third-order valence-corrected chi connectivity index (χ3v) is 7.37. The van der Waals surface area contributed by atoms with Crippen molar-refractivity contribution in [3.05, 3.63) is 35.9 Å². The zero-order valence-corrected chi connectivity index (χ0v) is 17.0. The van der Waals surface area contributed by atoms with E-state index in [1.165, 1.54) is 0 Å². The number of hydrogen-bond acceptors (Lipinski definition) is 5. The number of rotatable bonds is 8. The van der Waals surface area contributed by atoms with Crippen molar-refractivity contribution in [2.24, 2.45) is 0 Å². The Morgan fingerprint density at radius 2 is 1.48 bits per heavy atom. The Morgan fingerprint density at radius 1 is 1.00 bits per heavy atom. The molecule has 1 saturated heterocycles. The van der Waals surface area contributed by atoms with Crippen molar-refractivity contribution in [2.45, 2.75) is 64.7 Å². The number of benzene rings is 1. The van der Waals surface area contributed by atoms with Crippen molar-refractivity contribution in [3.63, 3.8) is 0 Å². The molecule has 140 valence electrons. The van der Waals surface area contributed by atoms with Crippen molar-refractivity contribution in [2.75, 3.05) is 13.2 Å². The van der Waals surface area contributed by atoms with Crippen LogP contribution in [0.5, 0.6) is 0 Å². The average Bonchev–Trinajstić information content (AvgIpc) is 2.74. The van der Waals surface area contributed by atoms with Gasteiger partial charge in [-0.3, -0.25) is 4.57 Å². The van der Waals surface area contributed by atoms with Crippen LogP contribution < -0.4 is 0 Å². The van der Waals surface area contributed by atoms with Crippen LogP contribution in [0.3, 0.4) is 0 Å². The first-order chi connectivity index (χ1) is 11.6. The van der Waals surface area contributed by atoms with E-state index in [-0.39, 0.29) is 0 Å². The number of hydrogen-bond donors (Lipinski definition) is 0. The summed E-state index contributed by atoms with van der Waals surface area (Å²) in [6.07, 6.45) is 0.495. The van der Waals surface area contributed by atoms with Gasteiger partial charge in [0, 0.05) is 0 Å². The van der Waals surface area contributed by atoms with E-state index in [9.17, 15) is 4.57 Å². The lowest BCUT2D eigenvalue weighted by molar-refractivity contribution is 0.00578.